The lowest BCUT2D eigenvalue weighted by molar-refractivity contribution is 0.315. The lowest BCUT2D eigenvalue weighted by Gasteiger charge is -2.33. The maximum absolute atomic E-state index is 8.61. The number of nitrogens with zero attached hydrogens (tertiary/aromatic N) is 8. The van der Waals surface area contributed by atoms with Crippen molar-refractivity contribution in [3.63, 3.8) is 0 Å². The first-order valence-electron chi connectivity index (χ1n) is 15.1. The highest BCUT2D eigenvalue weighted by Crippen LogP contribution is 2.55. The van der Waals surface area contributed by atoms with E-state index in [9.17, 15) is 0 Å². The molecule has 5 rings (SSSR count). The van der Waals surface area contributed by atoms with Crippen molar-refractivity contribution >= 4 is 11.0 Å². The number of aromatic nitrogens is 2. The Hall–Kier alpha value is -4.32. The standard InChI is InChI=1S/C33H38N8O/c1-23-11-14-27-28-16-13-25(26-15-12-24(2)31-32(26)39-42-38-31)22-30(28)33(29(27)21-23,17-7-3-5-9-19-36-40-34)18-8-4-6-10-20-37-41-35/h11-16,21-22H,3-10,17-20H2,1-2H3. The third-order valence-corrected chi connectivity index (χ3v) is 8.79. The highest BCUT2D eigenvalue weighted by atomic mass is 16.6. The molecule has 0 spiro atoms. The van der Waals surface area contributed by atoms with Gasteiger partial charge in [-0.2, -0.15) is 0 Å². The van der Waals surface area contributed by atoms with Crippen LogP contribution in [0.3, 0.4) is 0 Å². The highest BCUT2D eigenvalue weighted by Gasteiger charge is 2.42. The SMILES string of the molecule is Cc1ccc2c(c1)C(CCCCCCN=[N+]=[N-])(CCCCCCN=[N+]=[N-])c1cc(-c3ccc(C)c4nonc34)ccc1-2. The van der Waals surface area contributed by atoms with E-state index in [1.807, 2.05) is 6.92 Å². The Morgan fingerprint density at radius 1 is 0.667 bits per heavy atom. The zero-order valence-electron chi connectivity index (χ0n) is 24.6. The van der Waals surface area contributed by atoms with E-state index in [2.05, 4.69) is 85.8 Å². The smallest absolute Gasteiger partial charge is 0.143 e. The predicted molar refractivity (Wildman–Crippen MR) is 167 cm³/mol. The average Bonchev–Trinajstić information content (AvgIpc) is 3.59. The van der Waals surface area contributed by atoms with Crippen LogP contribution in [0.25, 0.3) is 54.2 Å². The van der Waals surface area contributed by atoms with Gasteiger partial charge in [-0.1, -0.05) is 96.8 Å². The van der Waals surface area contributed by atoms with Crippen molar-refractivity contribution in [1.29, 1.82) is 0 Å². The lowest BCUT2D eigenvalue weighted by atomic mass is 9.70. The van der Waals surface area contributed by atoms with Gasteiger partial charge in [0.25, 0.3) is 0 Å². The van der Waals surface area contributed by atoms with Crippen molar-refractivity contribution < 1.29 is 4.63 Å². The second kappa shape index (κ2) is 13.6. The molecular weight excluding hydrogens is 524 g/mol. The van der Waals surface area contributed by atoms with Crippen LogP contribution in [-0.2, 0) is 5.41 Å². The van der Waals surface area contributed by atoms with Gasteiger partial charge in [-0.3, -0.25) is 0 Å². The van der Waals surface area contributed by atoms with Crippen molar-refractivity contribution in [2.24, 2.45) is 10.2 Å². The maximum atomic E-state index is 8.61. The largest absolute Gasteiger partial charge is 0.243 e. The normalized spacial score (nSPS) is 15.2. The van der Waals surface area contributed by atoms with Gasteiger partial charge in [0.15, 0.2) is 0 Å². The fraction of sp³-hybridized carbons (Fsp3) is 0.455. The van der Waals surface area contributed by atoms with Crippen LogP contribution in [0.4, 0.5) is 0 Å². The Morgan fingerprint density at radius 2 is 1.24 bits per heavy atom. The Morgan fingerprint density at radius 3 is 1.90 bits per heavy atom. The summed E-state index contributed by atoms with van der Waals surface area (Å²) >= 11 is 0. The first kappa shape index (κ1) is 29.2. The van der Waals surface area contributed by atoms with Crippen LogP contribution >= 0.6 is 0 Å². The summed E-state index contributed by atoms with van der Waals surface area (Å²) < 4.78 is 5.15. The molecule has 0 aliphatic heterocycles. The number of hydrogen-bond acceptors (Lipinski definition) is 5. The van der Waals surface area contributed by atoms with E-state index in [-0.39, 0.29) is 5.41 Å². The maximum Gasteiger partial charge on any atom is 0.143 e. The number of hydrogen-bond donors (Lipinski definition) is 0. The molecule has 3 aromatic carbocycles. The molecule has 9 nitrogen and oxygen atoms in total. The number of rotatable bonds is 15. The minimum absolute atomic E-state index is 0.0891. The van der Waals surface area contributed by atoms with Crippen molar-refractivity contribution in [1.82, 2.24) is 10.3 Å². The molecular formula is C33H38N8O. The molecule has 9 heteroatoms. The molecule has 1 aromatic heterocycles. The number of fused-ring (bicyclic) bond motifs is 4. The monoisotopic (exact) mass is 562 g/mol. The average molecular weight is 563 g/mol. The van der Waals surface area contributed by atoms with Crippen LogP contribution in [0.1, 0.15) is 86.5 Å². The molecule has 0 amide bonds. The zero-order valence-corrected chi connectivity index (χ0v) is 24.6. The van der Waals surface area contributed by atoms with E-state index in [1.165, 1.54) is 27.8 Å². The van der Waals surface area contributed by atoms with Gasteiger partial charge < -0.3 is 0 Å². The van der Waals surface area contributed by atoms with Crippen LogP contribution in [0.5, 0.6) is 0 Å². The second-order valence-electron chi connectivity index (χ2n) is 11.5. The van der Waals surface area contributed by atoms with Gasteiger partial charge in [0.2, 0.25) is 0 Å². The van der Waals surface area contributed by atoms with Crippen LogP contribution in [0, 0.1) is 13.8 Å². The lowest BCUT2D eigenvalue weighted by Crippen LogP contribution is -2.25. The molecule has 0 fully saturated rings. The first-order valence-corrected chi connectivity index (χ1v) is 15.1. The van der Waals surface area contributed by atoms with Crippen molar-refractivity contribution in [2.75, 3.05) is 13.1 Å². The molecule has 0 atom stereocenters. The molecule has 1 aliphatic rings. The summed E-state index contributed by atoms with van der Waals surface area (Å²) in [6, 6.07) is 18.1. The van der Waals surface area contributed by atoms with Crippen LogP contribution in [0.2, 0.25) is 0 Å². The molecule has 0 bridgehead atoms. The second-order valence-corrected chi connectivity index (χ2v) is 11.5. The summed E-state index contributed by atoms with van der Waals surface area (Å²) in [4.78, 5) is 5.78. The molecule has 0 unspecified atom stereocenters. The van der Waals surface area contributed by atoms with Crippen molar-refractivity contribution in [3.8, 4) is 22.3 Å². The molecule has 0 N–H and O–H groups in total. The molecule has 216 valence electrons. The van der Waals surface area contributed by atoms with Gasteiger partial charge in [0.1, 0.15) is 11.0 Å². The molecule has 0 radical (unpaired) electrons. The van der Waals surface area contributed by atoms with Gasteiger partial charge in [-0.05, 0) is 100 Å². The molecule has 0 saturated carbocycles. The molecule has 42 heavy (non-hydrogen) atoms. The van der Waals surface area contributed by atoms with E-state index in [4.69, 9.17) is 15.7 Å². The van der Waals surface area contributed by atoms with E-state index in [1.54, 1.807) is 0 Å². The minimum Gasteiger partial charge on any atom is -0.243 e. The first-order chi connectivity index (χ1) is 20.6. The van der Waals surface area contributed by atoms with E-state index in [0.717, 1.165) is 91.9 Å². The van der Waals surface area contributed by atoms with Gasteiger partial charge in [0, 0.05) is 33.9 Å². The minimum atomic E-state index is -0.0891. The number of benzene rings is 3. The van der Waals surface area contributed by atoms with E-state index >= 15 is 0 Å². The predicted octanol–water partition coefficient (Wildman–Crippen LogP) is 10.3. The van der Waals surface area contributed by atoms with Gasteiger partial charge in [-0.25, -0.2) is 4.63 Å². The summed E-state index contributed by atoms with van der Waals surface area (Å²) in [7, 11) is 0. The number of unbranched alkanes of at least 4 members (excludes halogenated alkanes) is 6. The van der Waals surface area contributed by atoms with Crippen LogP contribution in [-0.4, -0.2) is 23.4 Å². The van der Waals surface area contributed by atoms with Crippen molar-refractivity contribution in [2.45, 2.75) is 83.5 Å². The summed E-state index contributed by atoms with van der Waals surface area (Å²) in [6.07, 6.45) is 10.5. The van der Waals surface area contributed by atoms with Gasteiger partial charge >= 0.3 is 0 Å². The highest BCUT2D eigenvalue weighted by molar-refractivity contribution is 5.94. The zero-order chi connectivity index (χ0) is 29.4. The van der Waals surface area contributed by atoms with E-state index < -0.39 is 0 Å². The Labute approximate surface area is 246 Å². The van der Waals surface area contributed by atoms with E-state index in [0.29, 0.717) is 13.1 Å². The summed E-state index contributed by atoms with van der Waals surface area (Å²) in [5.74, 6) is 0. The fourth-order valence-corrected chi connectivity index (χ4v) is 6.68. The summed E-state index contributed by atoms with van der Waals surface area (Å²) in [6.45, 7) is 5.34. The molecule has 1 heterocycles. The number of azide groups is 2. The molecule has 0 saturated heterocycles. The third-order valence-electron chi connectivity index (χ3n) is 8.79. The van der Waals surface area contributed by atoms with Gasteiger partial charge in [-0.15, -0.1) is 0 Å². The third kappa shape index (κ3) is 5.98. The summed E-state index contributed by atoms with van der Waals surface area (Å²) in [5, 5.41) is 15.8. The Balaban J connectivity index is 1.51. The quantitative estimate of drug-likeness (QED) is 0.0616. The molecule has 4 aromatic rings. The Kier molecular flexibility index (Phi) is 9.42. The fourth-order valence-electron chi connectivity index (χ4n) is 6.68. The Bertz CT molecular complexity index is 1620. The van der Waals surface area contributed by atoms with Crippen molar-refractivity contribution in [3.05, 3.63) is 91.7 Å². The van der Waals surface area contributed by atoms with Crippen LogP contribution < -0.4 is 0 Å². The van der Waals surface area contributed by atoms with Gasteiger partial charge in [0.05, 0.1) is 0 Å². The topological polar surface area (TPSA) is 136 Å². The number of aryl methyl sites for hydroxylation is 2. The molecule has 1 aliphatic carbocycles. The van der Waals surface area contributed by atoms with Crippen LogP contribution in [0.15, 0.2) is 63.4 Å². The summed E-state index contributed by atoms with van der Waals surface area (Å²) in [5.41, 5.74) is 28.7.